The van der Waals surface area contributed by atoms with E-state index in [1.165, 1.54) is 19.3 Å². The van der Waals surface area contributed by atoms with Crippen LogP contribution in [0.2, 0.25) is 0 Å². The number of carbonyl (C=O) groups excluding carboxylic acids is 2. The molecule has 1 aliphatic heterocycles. The number of amides is 3. The molecule has 24 heavy (non-hydrogen) atoms. The van der Waals surface area contributed by atoms with Crippen LogP contribution in [0.1, 0.15) is 64.2 Å². The molecule has 1 unspecified atom stereocenters. The third-order valence-corrected chi connectivity index (χ3v) is 4.90. The number of hydrogen-bond acceptors (Lipinski definition) is 3. The number of hydrogen-bond donors (Lipinski definition) is 3. The number of carboxylic acids is 1. The van der Waals surface area contributed by atoms with Crippen LogP contribution in [-0.2, 0) is 9.59 Å². The highest BCUT2D eigenvalue weighted by atomic mass is 16.4. The Morgan fingerprint density at radius 1 is 1.04 bits per heavy atom. The van der Waals surface area contributed by atoms with Crippen LogP contribution in [0.3, 0.4) is 0 Å². The van der Waals surface area contributed by atoms with Gasteiger partial charge in [0, 0.05) is 31.6 Å². The fourth-order valence-corrected chi connectivity index (χ4v) is 3.65. The standard InChI is InChI=1S/C17H29N3O4/c21-15(20-11-5-8-14(20)12-16(22)23)9-4-10-18-17(24)19-13-6-2-1-3-7-13/h13-14H,1-12H2,(H,22,23)(H2,18,19,24). The Balaban J connectivity index is 1.60. The van der Waals surface area contributed by atoms with Gasteiger partial charge in [0.2, 0.25) is 5.91 Å². The molecule has 0 aromatic heterocycles. The van der Waals surface area contributed by atoms with E-state index in [0.717, 1.165) is 25.7 Å². The molecule has 1 saturated carbocycles. The van der Waals surface area contributed by atoms with E-state index in [1.54, 1.807) is 4.90 Å². The van der Waals surface area contributed by atoms with E-state index in [-0.39, 0.29) is 30.4 Å². The second kappa shape index (κ2) is 9.49. The highest BCUT2D eigenvalue weighted by Gasteiger charge is 2.29. The molecule has 0 aromatic carbocycles. The number of nitrogens with one attached hydrogen (secondary N) is 2. The van der Waals surface area contributed by atoms with E-state index in [4.69, 9.17) is 5.11 Å². The second-order valence-electron chi connectivity index (χ2n) is 6.82. The fraction of sp³-hybridized carbons (Fsp3) is 0.824. The van der Waals surface area contributed by atoms with Crippen molar-refractivity contribution < 1.29 is 19.5 Å². The predicted octanol–water partition coefficient (Wildman–Crippen LogP) is 1.86. The van der Waals surface area contributed by atoms with Gasteiger partial charge in [0.1, 0.15) is 0 Å². The zero-order chi connectivity index (χ0) is 17.4. The summed E-state index contributed by atoms with van der Waals surface area (Å²) in [5.74, 6) is -0.867. The zero-order valence-corrected chi connectivity index (χ0v) is 14.3. The third kappa shape index (κ3) is 6.02. The van der Waals surface area contributed by atoms with Crippen molar-refractivity contribution in [1.29, 1.82) is 0 Å². The smallest absolute Gasteiger partial charge is 0.315 e. The fourth-order valence-electron chi connectivity index (χ4n) is 3.65. The summed E-state index contributed by atoms with van der Waals surface area (Å²) in [6.07, 6.45) is 8.27. The number of carboxylic acid groups (broad SMARTS) is 1. The molecule has 0 bridgehead atoms. The summed E-state index contributed by atoms with van der Waals surface area (Å²) >= 11 is 0. The summed E-state index contributed by atoms with van der Waals surface area (Å²) in [7, 11) is 0. The average molecular weight is 339 g/mol. The molecule has 7 heteroatoms. The first-order valence-electron chi connectivity index (χ1n) is 9.12. The van der Waals surface area contributed by atoms with E-state index in [1.807, 2.05) is 0 Å². The number of likely N-dealkylation sites (tertiary alicyclic amines) is 1. The summed E-state index contributed by atoms with van der Waals surface area (Å²) in [5.41, 5.74) is 0. The Kier molecular flexibility index (Phi) is 7.34. The Bertz CT molecular complexity index is 449. The molecule has 2 rings (SSSR count). The van der Waals surface area contributed by atoms with Crippen molar-refractivity contribution >= 4 is 17.9 Å². The van der Waals surface area contributed by atoms with Gasteiger partial charge >= 0.3 is 12.0 Å². The maximum absolute atomic E-state index is 12.2. The van der Waals surface area contributed by atoms with E-state index in [2.05, 4.69) is 10.6 Å². The Morgan fingerprint density at radius 3 is 2.50 bits per heavy atom. The number of aliphatic carboxylic acids is 1. The topological polar surface area (TPSA) is 98.7 Å². The van der Waals surface area contributed by atoms with Gasteiger partial charge in [-0.1, -0.05) is 19.3 Å². The van der Waals surface area contributed by atoms with Gasteiger partial charge in [-0.05, 0) is 32.1 Å². The van der Waals surface area contributed by atoms with Crippen LogP contribution >= 0.6 is 0 Å². The lowest BCUT2D eigenvalue weighted by Crippen LogP contribution is -2.43. The minimum Gasteiger partial charge on any atom is -0.481 e. The highest BCUT2D eigenvalue weighted by Crippen LogP contribution is 2.21. The molecule has 1 atom stereocenters. The van der Waals surface area contributed by atoms with Crippen LogP contribution in [0.15, 0.2) is 0 Å². The van der Waals surface area contributed by atoms with Crippen molar-refractivity contribution in [3.8, 4) is 0 Å². The monoisotopic (exact) mass is 339 g/mol. The highest BCUT2D eigenvalue weighted by molar-refractivity contribution is 5.78. The van der Waals surface area contributed by atoms with E-state index >= 15 is 0 Å². The van der Waals surface area contributed by atoms with Crippen molar-refractivity contribution in [2.24, 2.45) is 0 Å². The van der Waals surface area contributed by atoms with Gasteiger partial charge in [-0.15, -0.1) is 0 Å². The largest absolute Gasteiger partial charge is 0.481 e. The molecular formula is C17H29N3O4. The molecule has 1 heterocycles. The van der Waals surface area contributed by atoms with Crippen LogP contribution in [0.5, 0.6) is 0 Å². The van der Waals surface area contributed by atoms with Crippen LogP contribution in [0.25, 0.3) is 0 Å². The molecule has 2 aliphatic rings. The van der Waals surface area contributed by atoms with Gasteiger partial charge < -0.3 is 20.6 Å². The van der Waals surface area contributed by atoms with Gasteiger partial charge in [-0.3, -0.25) is 9.59 Å². The average Bonchev–Trinajstić information content (AvgIpc) is 2.99. The Labute approximate surface area is 143 Å². The SMILES string of the molecule is O=C(O)CC1CCCN1C(=O)CCCNC(=O)NC1CCCCC1. The summed E-state index contributed by atoms with van der Waals surface area (Å²) in [5, 5.41) is 14.7. The van der Waals surface area contributed by atoms with E-state index in [0.29, 0.717) is 25.9 Å². The van der Waals surface area contributed by atoms with Gasteiger partial charge in [0.15, 0.2) is 0 Å². The molecule has 1 aliphatic carbocycles. The first-order valence-corrected chi connectivity index (χ1v) is 9.12. The lowest BCUT2D eigenvalue weighted by atomic mass is 9.96. The maximum atomic E-state index is 12.2. The van der Waals surface area contributed by atoms with Gasteiger partial charge in [-0.25, -0.2) is 4.79 Å². The second-order valence-corrected chi connectivity index (χ2v) is 6.82. The number of rotatable bonds is 7. The predicted molar refractivity (Wildman–Crippen MR) is 89.6 cm³/mol. The minimum atomic E-state index is -0.860. The van der Waals surface area contributed by atoms with Crippen molar-refractivity contribution in [3.63, 3.8) is 0 Å². The summed E-state index contributed by atoms with van der Waals surface area (Å²) in [6, 6.07) is -0.0430. The molecule has 3 N–H and O–H groups in total. The third-order valence-electron chi connectivity index (χ3n) is 4.90. The van der Waals surface area contributed by atoms with Crippen molar-refractivity contribution in [2.75, 3.05) is 13.1 Å². The zero-order valence-electron chi connectivity index (χ0n) is 14.3. The lowest BCUT2D eigenvalue weighted by Gasteiger charge is -2.24. The van der Waals surface area contributed by atoms with E-state index < -0.39 is 5.97 Å². The van der Waals surface area contributed by atoms with Crippen molar-refractivity contribution in [2.45, 2.75) is 76.3 Å². The number of nitrogens with zero attached hydrogens (tertiary/aromatic N) is 1. The summed E-state index contributed by atoms with van der Waals surface area (Å²) in [6.45, 7) is 1.11. The molecule has 136 valence electrons. The Hall–Kier alpha value is -1.79. The number of urea groups is 1. The lowest BCUT2D eigenvalue weighted by molar-refractivity contribution is -0.139. The minimum absolute atomic E-state index is 0.00626. The molecule has 7 nitrogen and oxygen atoms in total. The van der Waals surface area contributed by atoms with Crippen LogP contribution in [0, 0.1) is 0 Å². The van der Waals surface area contributed by atoms with Gasteiger partial charge in [-0.2, -0.15) is 0 Å². The molecule has 3 amide bonds. The molecule has 0 aromatic rings. The van der Waals surface area contributed by atoms with Gasteiger partial charge in [0.25, 0.3) is 0 Å². The first-order chi connectivity index (χ1) is 11.6. The quantitative estimate of drug-likeness (QED) is 0.617. The van der Waals surface area contributed by atoms with Crippen LogP contribution in [-0.4, -0.2) is 53.1 Å². The molecule has 0 radical (unpaired) electrons. The molecule has 1 saturated heterocycles. The number of carbonyl (C=O) groups is 3. The van der Waals surface area contributed by atoms with Crippen LogP contribution in [0.4, 0.5) is 4.79 Å². The maximum Gasteiger partial charge on any atom is 0.315 e. The van der Waals surface area contributed by atoms with Crippen molar-refractivity contribution in [1.82, 2.24) is 15.5 Å². The first kappa shape index (κ1) is 18.5. The van der Waals surface area contributed by atoms with Gasteiger partial charge in [0.05, 0.1) is 6.42 Å². The molecule has 2 fully saturated rings. The molecule has 0 spiro atoms. The summed E-state index contributed by atoms with van der Waals surface area (Å²) < 4.78 is 0. The molecular weight excluding hydrogens is 310 g/mol. The van der Waals surface area contributed by atoms with Crippen molar-refractivity contribution in [3.05, 3.63) is 0 Å². The Morgan fingerprint density at radius 2 is 1.79 bits per heavy atom. The normalized spacial score (nSPS) is 21.5. The van der Waals surface area contributed by atoms with E-state index in [9.17, 15) is 14.4 Å². The summed E-state index contributed by atoms with van der Waals surface area (Å²) in [4.78, 5) is 36.5. The van der Waals surface area contributed by atoms with Crippen LogP contribution < -0.4 is 10.6 Å².